The molecule has 23 heavy (non-hydrogen) atoms. The SMILES string of the molecule is COc1ccccc1NC(=S)Nc1cccc(SCC(N)=O)c1. The summed E-state index contributed by atoms with van der Waals surface area (Å²) in [4.78, 5) is 11.8. The van der Waals surface area contributed by atoms with Crippen molar-refractivity contribution in [1.82, 2.24) is 0 Å². The van der Waals surface area contributed by atoms with Crippen molar-refractivity contribution in [3.63, 3.8) is 0 Å². The molecule has 0 fully saturated rings. The van der Waals surface area contributed by atoms with Crippen LogP contribution in [0.4, 0.5) is 11.4 Å². The number of para-hydroxylation sites is 2. The Morgan fingerprint density at radius 1 is 1.22 bits per heavy atom. The molecular weight excluding hydrogens is 330 g/mol. The summed E-state index contributed by atoms with van der Waals surface area (Å²) >= 11 is 6.70. The summed E-state index contributed by atoms with van der Waals surface area (Å²) in [7, 11) is 1.61. The molecule has 0 bridgehead atoms. The van der Waals surface area contributed by atoms with E-state index < -0.39 is 0 Å². The maximum atomic E-state index is 10.8. The number of thioether (sulfide) groups is 1. The molecule has 0 unspecified atom stereocenters. The molecule has 0 saturated heterocycles. The van der Waals surface area contributed by atoms with E-state index in [0.717, 1.165) is 16.3 Å². The van der Waals surface area contributed by atoms with Gasteiger partial charge >= 0.3 is 0 Å². The van der Waals surface area contributed by atoms with Crippen LogP contribution in [-0.4, -0.2) is 23.9 Å². The van der Waals surface area contributed by atoms with Crippen LogP contribution >= 0.6 is 24.0 Å². The van der Waals surface area contributed by atoms with Crippen LogP contribution in [0, 0.1) is 0 Å². The first kappa shape index (κ1) is 17.1. The van der Waals surface area contributed by atoms with Crippen LogP contribution in [0.25, 0.3) is 0 Å². The van der Waals surface area contributed by atoms with Crippen molar-refractivity contribution in [2.75, 3.05) is 23.5 Å². The van der Waals surface area contributed by atoms with Gasteiger partial charge in [0.15, 0.2) is 5.11 Å². The van der Waals surface area contributed by atoms with Crippen molar-refractivity contribution in [2.45, 2.75) is 4.90 Å². The summed E-state index contributed by atoms with van der Waals surface area (Å²) in [6.07, 6.45) is 0. The van der Waals surface area contributed by atoms with Crippen molar-refractivity contribution in [2.24, 2.45) is 5.73 Å². The number of primary amides is 1. The molecule has 0 aliphatic heterocycles. The fourth-order valence-electron chi connectivity index (χ4n) is 1.85. The second kappa shape index (κ2) is 8.40. The number of methoxy groups -OCH3 is 1. The number of hydrogen-bond donors (Lipinski definition) is 3. The quantitative estimate of drug-likeness (QED) is 0.551. The Hall–Kier alpha value is -2.25. The average Bonchev–Trinajstić information content (AvgIpc) is 2.53. The highest BCUT2D eigenvalue weighted by Crippen LogP contribution is 2.24. The van der Waals surface area contributed by atoms with Gasteiger partial charge in [-0.25, -0.2) is 0 Å². The highest BCUT2D eigenvalue weighted by atomic mass is 32.2. The average molecular weight is 347 g/mol. The fraction of sp³-hybridized carbons (Fsp3) is 0.125. The Bertz CT molecular complexity index is 707. The van der Waals surface area contributed by atoms with E-state index in [1.165, 1.54) is 11.8 Å². The summed E-state index contributed by atoms with van der Waals surface area (Å²) in [5.41, 5.74) is 6.76. The fourth-order valence-corrected chi connectivity index (χ4v) is 2.77. The summed E-state index contributed by atoms with van der Waals surface area (Å²) in [6, 6.07) is 15.1. The third-order valence-electron chi connectivity index (χ3n) is 2.83. The van der Waals surface area contributed by atoms with Gasteiger partial charge in [0.2, 0.25) is 5.91 Å². The van der Waals surface area contributed by atoms with E-state index in [1.54, 1.807) is 7.11 Å². The Morgan fingerprint density at radius 2 is 2.00 bits per heavy atom. The minimum atomic E-state index is -0.346. The van der Waals surface area contributed by atoms with E-state index >= 15 is 0 Å². The van der Waals surface area contributed by atoms with Crippen LogP contribution in [0.1, 0.15) is 0 Å². The van der Waals surface area contributed by atoms with Gasteiger partial charge in [-0.1, -0.05) is 18.2 Å². The van der Waals surface area contributed by atoms with Gasteiger partial charge in [-0.05, 0) is 42.5 Å². The number of rotatable bonds is 6. The van der Waals surface area contributed by atoms with Gasteiger partial charge in [0.25, 0.3) is 0 Å². The van der Waals surface area contributed by atoms with E-state index in [1.807, 2.05) is 48.5 Å². The topological polar surface area (TPSA) is 76.4 Å². The number of carbonyl (C=O) groups excluding carboxylic acids is 1. The molecule has 2 aromatic rings. The number of thiocarbonyl (C=S) groups is 1. The Morgan fingerprint density at radius 3 is 2.74 bits per heavy atom. The third kappa shape index (κ3) is 5.46. The van der Waals surface area contributed by atoms with Crippen LogP contribution < -0.4 is 21.1 Å². The summed E-state index contributed by atoms with van der Waals surface area (Å²) in [5, 5.41) is 6.65. The first-order valence-electron chi connectivity index (χ1n) is 6.80. The number of amides is 1. The molecular formula is C16H17N3O2S2. The van der Waals surface area contributed by atoms with Gasteiger partial charge in [0.05, 0.1) is 18.6 Å². The van der Waals surface area contributed by atoms with Crippen LogP contribution in [-0.2, 0) is 4.79 Å². The highest BCUT2D eigenvalue weighted by Gasteiger charge is 2.05. The summed E-state index contributed by atoms with van der Waals surface area (Å²) < 4.78 is 5.27. The largest absolute Gasteiger partial charge is 0.495 e. The molecule has 2 aromatic carbocycles. The molecule has 4 N–H and O–H groups in total. The predicted octanol–water partition coefficient (Wildman–Crippen LogP) is 3.08. The molecule has 0 atom stereocenters. The van der Waals surface area contributed by atoms with Gasteiger partial charge in [0.1, 0.15) is 5.75 Å². The number of carbonyl (C=O) groups is 1. The molecule has 7 heteroatoms. The lowest BCUT2D eigenvalue weighted by atomic mass is 10.3. The predicted molar refractivity (Wildman–Crippen MR) is 99.2 cm³/mol. The monoisotopic (exact) mass is 347 g/mol. The Kier molecular flexibility index (Phi) is 6.25. The molecule has 0 saturated carbocycles. The third-order valence-corrected chi connectivity index (χ3v) is 4.05. The number of anilines is 2. The van der Waals surface area contributed by atoms with Crippen LogP contribution in [0.2, 0.25) is 0 Å². The number of ether oxygens (including phenoxy) is 1. The standard InChI is InChI=1S/C16H17N3O2S2/c1-21-14-8-3-2-7-13(14)19-16(22)18-11-5-4-6-12(9-11)23-10-15(17)20/h2-9H,10H2,1H3,(H2,17,20)(H2,18,19,22). The van der Waals surface area contributed by atoms with E-state index in [4.69, 9.17) is 22.7 Å². The molecule has 2 rings (SSSR count). The molecule has 0 aliphatic carbocycles. The van der Waals surface area contributed by atoms with E-state index in [-0.39, 0.29) is 11.7 Å². The van der Waals surface area contributed by atoms with Gasteiger partial charge < -0.3 is 21.1 Å². The molecule has 1 amide bonds. The Labute approximate surface area is 144 Å². The molecule has 0 aromatic heterocycles. The minimum absolute atomic E-state index is 0.243. The second-order valence-corrected chi connectivity index (χ2v) is 6.02. The van der Waals surface area contributed by atoms with E-state index in [2.05, 4.69) is 10.6 Å². The summed E-state index contributed by atoms with van der Waals surface area (Å²) in [5.74, 6) is 0.608. The van der Waals surface area contributed by atoms with Crippen LogP contribution in [0.3, 0.4) is 0 Å². The number of nitrogens with two attached hydrogens (primary N) is 1. The molecule has 0 heterocycles. The zero-order valence-electron chi connectivity index (χ0n) is 12.5. The molecule has 120 valence electrons. The number of hydrogen-bond acceptors (Lipinski definition) is 4. The van der Waals surface area contributed by atoms with Crippen LogP contribution in [0.5, 0.6) is 5.75 Å². The van der Waals surface area contributed by atoms with Gasteiger partial charge in [-0.3, -0.25) is 4.79 Å². The van der Waals surface area contributed by atoms with Gasteiger partial charge in [-0.15, -0.1) is 11.8 Å². The maximum absolute atomic E-state index is 10.8. The first-order chi connectivity index (χ1) is 11.1. The lowest BCUT2D eigenvalue weighted by molar-refractivity contribution is -0.115. The lowest BCUT2D eigenvalue weighted by Crippen LogP contribution is -2.19. The van der Waals surface area contributed by atoms with E-state index in [9.17, 15) is 4.79 Å². The highest BCUT2D eigenvalue weighted by molar-refractivity contribution is 8.00. The minimum Gasteiger partial charge on any atom is -0.495 e. The second-order valence-electron chi connectivity index (χ2n) is 4.56. The van der Waals surface area contributed by atoms with Gasteiger partial charge in [0, 0.05) is 10.6 Å². The molecule has 0 radical (unpaired) electrons. The van der Waals surface area contributed by atoms with Crippen molar-refractivity contribution in [3.05, 3.63) is 48.5 Å². The summed E-state index contributed by atoms with van der Waals surface area (Å²) in [6.45, 7) is 0. The van der Waals surface area contributed by atoms with Crippen molar-refractivity contribution < 1.29 is 9.53 Å². The van der Waals surface area contributed by atoms with E-state index in [0.29, 0.717) is 10.9 Å². The van der Waals surface area contributed by atoms with Crippen molar-refractivity contribution >= 4 is 46.4 Å². The Balaban J connectivity index is 2.00. The van der Waals surface area contributed by atoms with Crippen LogP contribution in [0.15, 0.2) is 53.4 Å². The van der Waals surface area contributed by atoms with Crippen molar-refractivity contribution in [1.29, 1.82) is 0 Å². The first-order valence-corrected chi connectivity index (χ1v) is 8.20. The number of benzene rings is 2. The molecule has 0 aliphatic rings. The zero-order valence-corrected chi connectivity index (χ0v) is 14.2. The molecule has 5 nitrogen and oxygen atoms in total. The number of nitrogens with one attached hydrogen (secondary N) is 2. The van der Waals surface area contributed by atoms with Crippen molar-refractivity contribution in [3.8, 4) is 5.75 Å². The van der Waals surface area contributed by atoms with Gasteiger partial charge in [-0.2, -0.15) is 0 Å². The smallest absolute Gasteiger partial charge is 0.227 e. The maximum Gasteiger partial charge on any atom is 0.227 e. The lowest BCUT2D eigenvalue weighted by Gasteiger charge is -2.13. The molecule has 0 spiro atoms. The normalized spacial score (nSPS) is 9.96. The zero-order chi connectivity index (χ0) is 16.7.